The van der Waals surface area contributed by atoms with Gasteiger partial charge in [0.05, 0.1) is 9.95 Å². The highest BCUT2D eigenvalue weighted by Crippen LogP contribution is 2.31. The molecule has 0 aliphatic carbocycles. The zero-order chi connectivity index (χ0) is 13.1. The predicted octanol–water partition coefficient (Wildman–Crippen LogP) is 3.38. The van der Waals surface area contributed by atoms with Gasteiger partial charge < -0.3 is 5.73 Å². The highest BCUT2D eigenvalue weighted by atomic mass is 35.5. The maximum Gasteiger partial charge on any atom is 0.292 e. The second-order valence-electron chi connectivity index (χ2n) is 3.39. The van der Waals surface area contributed by atoms with Crippen molar-refractivity contribution < 1.29 is 4.92 Å². The second kappa shape index (κ2) is 5.24. The third kappa shape index (κ3) is 2.91. The molecule has 0 saturated heterocycles. The molecule has 0 unspecified atom stereocenters. The normalized spacial score (nSPS) is 10.3. The van der Waals surface area contributed by atoms with Crippen LogP contribution in [0.1, 0.15) is 0 Å². The van der Waals surface area contributed by atoms with E-state index in [1.54, 1.807) is 30.5 Å². The molecule has 1 aromatic carbocycles. The van der Waals surface area contributed by atoms with Crippen molar-refractivity contribution in [2.45, 2.75) is 9.92 Å². The van der Waals surface area contributed by atoms with E-state index < -0.39 is 4.92 Å². The average Bonchev–Trinajstić information content (AvgIpc) is 2.32. The maximum absolute atomic E-state index is 10.6. The number of nitrogens with zero attached hydrogens (tertiary/aromatic N) is 2. The Balaban J connectivity index is 2.22. The summed E-state index contributed by atoms with van der Waals surface area (Å²) in [5, 5.41) is 11.9. The molecule has 0 bridgehead atoms. The van der Waals surface area contributed by atoms with Gasteiger partial charge in [0.1, 0.15) is 10.7 Å². The van der Waals surface area contributed by atoms with Crippen molar-refractivity contribution in [3.63, 3.8) is 0 Å². The Labute approximate surface area is 112 Å². The summed E-state index contributed by atoms with van der Waals surface area (Å²) in [5.74, 6) is 0. The first-order valence-corrected chi connectivity index (χ1v) is 6.09. The van der Waals surface area contributed by atoms with E-state index in [4.69, 9.17) is 17.3 Å². The van der Waals surface area contributed by atoms with E-state index >= 15 is 0 Å². The zero-order valence-electron chi connectivity index (χ0n) is 9.04. The van der Waals surface area contributed by atoms with Gasteiger partial charge in [0.2, 0.25) is 0 Å². The van der Waals surface area contributed by atoms with E-state index in [1.165, 1.54) is 17.8 Å². The van der Waals surface area contributed by atoms with Gasteiger partial charge in [-0.3, -0.25) is 10.1 Å². The Kier molecular flexibility index (Phi) is 3.69. The number of nitrogen functional groups attached to an aromatic ring is 1. The summed E-state index contributed by atoms with van der Waals surface area (Å²) in [4.78, 5) is 15.0. The van der Waals surface area contributed by atoms with E-state index in [-0.39, 0.29) is 11.4 Å². The predicted molar refractivity (Wildman–Crippen MR) is 70.9 cm³/mol. The lowest BCUT2D eigenvalue weighted by molar-refractivity contribution is -0.383. The molecule has 18 heavy (non-hydrogen) atoms. The van der Waals surface area contributed by atoms with Crippen molar-refractivity contribution in [2.75, 3.05) is 5.73 Å². The molecule has 0 saturated carbocycles. The topological polar surface area (TPSA) is 82.0 Å². The number of anilines is 1. The molecule has 0 atom stereocenters. The molecule has 0 aliphatic heterocycles. The molecule has 0 fully saturated rings. The molecular formula is C11H8ClN3O2S. The van der Waals surface area contributed by atoms with Gasteiger partial charge in [-0.25, -0.2) is 4.98 Å². The van der Waals surface area contributed by atoms with Crippen LogP contribution in [0.25, 0.3) is 0 Å². The first-order chi connectivity index (χ1) is 8.56. The lowest BCUT2D eigenvalue weighted by Crippen LogP contribution is -1.95. The monoisotopic (exact) mass is 281 g/mol. The first kappa shape index (κ1) is 12.7. The van der Waals surface area contributed by atoms with Crippen LogP contribution in [-0.2, 0) is 0 Å². The largest absolute Gasteiger partial charge is 0.393 e. The van der Waals surface area contributed by atoms with E-state index in [0.29, 0.717) is 5.02 Å². The van der Waals surface area contributed by atoms with E-state index in [1.807, 2.05) is 0 Å². The number of nitrogens with two attached hydrogens (primary N) is 1. The van der Waals surface area contributed by atoms with Crippen molar-refractivity contribution in [1.29, 1.82) is 0 Å². The number of rotatable bonds is 3. The van der Waals surface area contributed by atoms with Gasteiger partial charge in [0.15, 0.2) is 0 Å². The fourth-order valence-electron chi connectivity index (χ4n) is 1.31. The van der Waals surface area contributed by atoms with Crippen LogP contribution in [0.5, 0.6) is 0 Å². The van der Waals surface area contributed by atoms with E-state index in [2.05, 4.69) is 4.98 Å². The number of hydrogen-bond donors (Lipinski definition) is 1. The summed E-state index contributed by atoms with van der Waals surface area (Å²) in [6, 6.07) is 8.07. The summed E-state index contributed by atoms with van der Waals surface area (Å²) in [7, 11) is 0. The highest BCUT2D eigenvalue weighted by Gasteiger charge is 2.11. The number of hydrogen-bond acceptors (Lipinski definition) is 5. The minimum Gasteiger partial charge on any atom is -0.393 e. The smallest absolute Gasteiger partial charge is 0.292 e. The number of nitro benzene ring substituents is 1. The molecule has 1 heterocycles. The molecule has 2 N–H and O–H groups in total. The molecule has 1 aromatic heterocycles. The number of pyridine rings is 1. The van der Waals surface area contributed by atoms with Crippen molar-refractivity contribution in [3.05, 3.63) is 51.7 Å². The Morgan fingerprint density at radius 1 is 1.33 bits per heavy atom. The van der Waals surface area contributed by atoms with Gasteiger partial charge in [0.25, 0.3) is 5.69 Å². The zero-order valence-corrected chi connectivity index (χ0v) is 10.6. The van der Waals surface area contributed by atoms with Crippen molar-refractivity contribution >= 4 is 34.7 Å². The molecule has 0 aliphatic rings. The van der Waals surface area contributed by atoms with Crippen LogP contribution in [0.3, 0.4) is 0 Å². The minimum absolute atomic E-state index is 0.0941. The molecule has 2 rings (SSSR count). The maximum atomic E-state index is 10.6. The van der Waals surface area contributed by atoms with Gasteiger partial charge in [0, 0.05) is 17.2 Å². The number of aromatic nitrogens is 1. The molecular weight excluding hydrogens is 274 g/mol. The molecule has 7 heteroatoms. The van der Waals surface area contributed by atoms with Gasteiger partial charge in [-0.15, -0.1) is 0 Å². The summed E-state index contributed by atoms with van der Waals surface area (Å²) in [6.07, 6.45) is 1.54. The molecule has 5 nitrogen and oxygen atoms in total. The molecule has 0 radical (unpaired) electrons. The van der Waals surface area contributed by atoms with Crippen molar-refractivity contribution in [3.8, 4) is 0 Å². The van der Waals surface area contributed by atoms with Gasteiger partial charge in [-0.2, -0.15) is 0 Å². The van der Waals surface area contributed by atoms with Crippen LogP contribution in [0, 0.1) is 10.1 Å². The Hall–Kier alpha value is -1.79. The minimum atomic E-state index is -0.510. The van der Waals surface area contributed by atoms with Crippen LogP contribution in [-0.4, -0.2) is 9.91 Å². The summed E-state index contributed by atoms with van der Waals surface area (Å²) in [6.45, 7) is 0. The molecule has 92 valence electrons. The number of benzene rings is 1. The Morgan fingerprint density at radius 2 is 2.11 bits per heavy atom. The standard InChI is InChI=1S/C11H8ClN3O2S/c12-7-1-4-11(14-6-7)18-8-2-3-10(15(16)17)9(13)5-8/h1-6H,13H2. The second-order valence-corrected chi connectivity index (χ2v) is 4.92. The lowest BCUT2D eigenvalue weighted by Gasteiger charge is -2.02. The SMILES string of the molecule is Nc1cc(Sc2ccc(Cl)cn2)ccc1[N+](=O)[O-]. The highest BCUT2D eigenvalue weighted by molar-refractivity contribution is 7.99. The third-order valence-corrected chi connectivity index (χ3v) is 3.28. The van der Waals surface area contributed by atoms with E-state index in [0.717, 1.165) is 9.92 Å². The van der Waals surface area contributed by atoms with Gasteiger partial charge in [-0.05, 0) is 24.3 Å². The third-order valence-electron chi connectivity index (χ3n) is 2.12. The fourth-order valence-corrected chi connectivity index (χ4v) is 2.22. The van der Waals surface area contributed by atoms with Crippen LogP contribution in [0.15, 0.2) is 46.5 Å². The number of nitro groups is 1. The van der Waals surface area contributed by atoms with Gasteiger partial charge in [-0.1, -0.05) is 23.4 Å². The van der Waals surface area contributed by atoms with Gasteiger partial charge >= 0.3 is 0 Å². The Morgan fingerprint density at radius 3 is 2.67 bits per heavy atom. The average molecular weight is 282 g/mol. The lowest BCUT2D eigenvalue weighted by atomic mass is 10.3. The van der Waals surface area contributed by atoms with Crippen molar-refractivity contribution in [2.24, 2.45) is 0 Å². The van der Waals surface area contributed by atoms with Crippen molar-refractivity contribution in [1.82, 2.24) is 4.98 Å². The summed E-state index contributed by atoms with van der Waals surface area (Å²) >= 11 is 7.09. The molecule has 2 aromatic rings. The molecule has 0 spiro atoms. The quantitative estimate of drug-likeness (QED) is 0.530. The fraction of sp³-hybridized carbons (Fsp3) is 0. The Bertz CT molecular complexity index is 589. The first-order valence-electron chi connectivity index (χ1n) is 4.89. The van der Waals surface area contributed by atoms with Crippen LogP contribution in [0.2, 0.25) is 5.02 Å². The molecule has 0 amide bonds. The van der Waals surface area contributed by atoms with E-state index in [9.17, 15) is 10.1 Å². The summed E-state index contributed by atoms with van der Waals surface area (Å²) < 4.78 is 0. The number of halogens is 1. The summed E-state index contributed by atoms with van der Waals surface area (Å²) in [5.41, 5.74) is 5.65. The van der Waals surface area contributed by atoms with Crippen LogP contribution < -0.4 is 5.73 Å². The van der Waals surface area contributed by atoms with Crippen LogP contribution >= 0.6 is 23.4 Å². The van der Waals surface area contributed by atoms with Crippen LogP contribution in [0.4, 0.5) is 11.4 Å².